The Balaban J connectivity index is 2.86. The Hall–Kier alpha value is -1.88. The van der Waals surface area contributed by atoms with Crippen LogP contribution in [0, 0.1) is 5.82 Å². The molecular weight excluding hydrogens is 225 g/mol. The number of hydroxylamine groups is 2. The quantitative estimate of drug-likeness (QED) is 0.564. The van der Waals surface area contributed by atoms with Crippen LogP contribution in [-0.2, 0) is 9.63 Å². The summed E-state index contributed by atoms with van der Waals surface area (Å²) in [6.45, 7) is -0.504. The number of ether oxygens (including phenoxy) is 1. The molecule has 0 amide bonds. The van der Waals surface area contributed by atoms with E-state index < -0.39 is 48.1 Å². The summed E-state index contributed by atoms with van der Waals surface area (Å²) in [5.74, 6) is -2.21. The van der Waals surface area contributed by atoms with E-state index in [9.17, 15) is 9.18 Å². The van der Waals surface area contributed by atoms with Gasteiger partial charge < -0.3 is 4.74 Å². The molecule has 0 heterocycles. The van der Waals surface area contributed by atoms with E-state index in [0.29, 0.717) is 0 Å². The molecule has 1 aromatic carbocycles. The van der Waals surface area contributed by atoms with Crippen LogP contribution in [0.1, 0.15) is 5.48 Å². The van der Waals surface area contributed by atoms with Crippen LogP contribution in [0.25, 0.3) is 0 Å². The molecule has 0 spiro atoms. The first-order valence-electron chi connectivity index (χ1n) is 6.66. The molecular formula is C12H14FNO3. The second-order valence-corrected chi connectivity index (χ2v) is 2.94. The van der Waals surface area contributed by atoms with Gasteiger partial charge in [-0.3, -0.25) is 14.7 Å². The number of benzene rings is 1. The Morgan fingerprint density at radius 3 is 2.76 bits per heavy atom. The number of carbonyl (C=O) groups excluding carboxylic acids is 1. The highest BCUT2D eigenvalue weighted by Crippen LogP contribution is 2.10. The van der Waals surface area contributed by atoms with Gasteiger partial charge in [0, 0.05) is 19.3 Å². The largest absolute Gasteiger partial charge is 0.485 e. The maximum Gasteiger partial charge on any atom is 0.194 e. The molecule has 5 heteroatoms. The summed E-state index contributed by atoms with van der Waals surface area (Å²) in [5.41, 5.74) is 0. The van der Waals surface area contributed by atoms with Crippen molar-refractivity contribution in [2.45, 2.75) is 0 Å². The number of hydrogen-bond acceptors (Lipinski definition) is 4. The van der Waals surface area contributed by atoms with Gasteiger partial charge in [0.05, 0.1) is 12.6 Å². The monoisotopic (exact) mass is 243 g/mol. The van der Waals surface area contributed by atoms with Gasteiger partial charge in [-0.15, -0.1) is 0 Å². The predicted octanol–water partition coefficient (Wildman–Crippen LogP) is 1.78. The van der Waals surface area contributed by atoms with Gasteiger partial charge in [0.1, 0.15) is 11.6 Å². The van der Waals surface area contributed by atoms with Crippen molar-refractivity contribution in [2.24, 2.45) is 0 Å². The highest BCUT2D eigenvalue weighted by Gasteiger charge is 1.99. The molecule has 0 aliphatic rings. The van der Waals surface area contributed by atoms with E-state index in [1.807, 2.05) is 0 Å². The predicted molar refractivity (Wildman–Crippen MR) is 60.8 cm³/mol. The molecule has 0 aromatic heterocycles. The molecule has 0 saturated carbocycles. The summed E-state index contributed by atoms with van der Waals surface area (Å²) in [4.78, 5) is 16.3. The minimum absolute atomic E-state index is 0.465. The zero-order chi connectivity index (χ0) is 16.2. The lowest BCUT2D eigenvalue weighted by Gasteiger charge is -2.08. The fourth-order valence-electron chi connectivity index (χ4n) is 0.798. The molecule has 0 atom stereocenters. The lowest BCUT2D eigenvalue weighted by molar-refractivity contribution is -0.117. The molecule has 0 saturated heterocycles. The van der Waals surface area contributed by atoms with E-state index >= 15 is 0 Å². The summed E-state index contributed by atoms with van der Waals surface area (Å²) in [6.07, 6.45) is 2.49. The molecule has 17 heavy (non-hydrogen) atoms. The fraction of sp³-hybridized carbons (Fsp3) is 0.250. The van der Waals surface area contributed by atoms with Gasteiger partial charge >= 0.3 is 0 Å². The lowest BCUT2D eigenvalue weighted by atomic mass is 10.3. The van der Waals surface area contributed by atoms with Crippen LogP contribution in [0.15, 0.2) is 36.4 Å². The van der Waals surface area contributed by atoms with Gasteiger partial charge in [-0.05, 0) is 24.2 Å². The Kier molecular flexibility index (Phi) is 3.22. The van der Waals surface area contributed by atoms with Crippen molar-refractivity contribution in [3.63, 3.8) is 0 Å². The summed E-state index contributed by atoms with van der Waals surface area (Å²) >= 11 is 0. The topological polar surface area (TPSA) is 38.8 Å². The van der Waals surface area contributed by atoms with Crippen molar-refractivity contribution in [1.29, 1.82) is 0 Å². The molecule has 0 N–H and O–H groups in total. The Morgan fingerprint density at radius 2 is 2.18 bits per heavy atom. The van der Waals surface area contributed by atoms with Crippen molar-refractivity contribution < 1.29 is 24.2 Å². The van der Waals surface area contributed by atoms with Crippen LogP contribution in [-0.4, -0.2) is 31.6 Å². The Labute approximate surface area is 105 Å². The summed E-state index contributed by atoms with van der Waals surface area (Å²) in [7, 11) is 2.97. The first kappa shape index (κ1) is 8.25. The van der Waals surface area contributed by atoms with Crippen molar-refractivity contribution in [2.75, 3.05) is 20.8 Å². The third kappa shape index (κ3) is 5.12. The summed E-state index contributed by atoms with van der Waals surface area (Å²) in [6, 6.07) is -3.01. The SMILES string of the molecule is [2H]c1c([2H])c(OCC(=O)/C=C/N(C)OC)c([2H])c([2H])c1F. The average Bonchev–Trinajstić information content (AvgIpc) is 2.48. The van der Waals surface area contributed by atoms with Gasteiger partial charge in [-0.1, -0.05) is 0 Å². The molecule has 0 radical (unpaired) electrons. The van der Waals surface area contributed by atoms with Crippen molar-refractivity contribution >= 4 is 5.78 Å². The number of nitrogens with zero attached hydrogens (tertiary/aromatic N) is 1. The zero-order valence-electron chi connectivity index (χ0n) is 13.4. The molecule has 4 nitrogen and oxygen atoms in total. The van der Waals surface area contributed by atoms with E-state index in [1.54, 1.807) is 7.05 Å². The molecule has 92 valence electrons. The van der Waals surface area contributed by atoms with Crippen LogP contribution in [0.5, 0.6) is 5.75 Å². The van der Waals surface area contributed by atoms with E-state index in [-0.39, 0.29) is 0 Å². The van der Waals surface area contributed by atoms with Crippen molar-refractivity contribution in [3.8, 4) is 5.75 Å². The first-order valence-corrected chi connectivity index (χ1v) is 4.66. The third-order valence-corrected chi connectivity index (χ3v) is 1.69. The van der Waals surface area contributed by atoms with Gasteiger partial charge in [-0.25, -0.2) is 4.39 Å². The Bertz CT molecular complexity index is 551. The molecule has 0 aliphatic carbocycles. The third-order valence-electron chi connectivity index (χ3n) is 1.69. The molecule has 1 rings (SSSR count). The van der Waals surface area contributed by atoms with Crippen molar-refractivity contribution in [3.05, 3.63) is 42.3 Å². The van der Waals surface area contributed by atoms with E-state index in [2.05, 4.69) is 0 Å². The minimum atomic E-state index is -1.26. The maximum absolute atomic E-state index is 13.3. The summed E-state index contributed by atoms with van der Waals surface area (Å²) < 4.78 is 47.9. The van der Waals surface area contributed by atoms with E-state index in [4.69, 9.17) is 15.1 Å². The van der Waals surface area contributed by atoms with Crippen LogP contribution < -0.4 is 4.74 Å². The number of halogens is 1. The van der Waals surface area contributed by atoms with Gasteiger partial charge in [0.25, 0.3) is 0 Å². The van der Waals surface area contributed by atoms with Crippen molar-refractivity contribution in [1.82, 2.24) is 5.06 Å². The minimum Gasteiger partial charge on any atom is -0.485 e. The molecule has 0 unspecified atom stereocenters. The van der Waals surface area contributed by atoms with Crippen LogP contribution >= 0.6 is 0 Å². The molecule has 0 aliphatic heterocycles. The number of ketones is 1. The smallest absolute Gasteiger partial charge is 0.194 e. The molecule has 0 fully saturated rings. The van der Waals surface area contributed by atoms with Gasteiger partial charge in [-0.2, -0.15) is 0 Å². The highest BCUT2D eigenvalue weighted by molar-refractivity contribution is 5.90. The number of carbonyl (C=O) groups is 1. The standard InChI is InChI=1S/C12H14FNO3/c1-14(16-2)8-7-11(15)9-17-12-5-3-10(13)4-6-12/h3-8H,9H2,1-2H3/b8-7+/i3D,4D,5D,6D. The summed E-state index contributed by atoms with van der Waals surface area (Å²) in [5, 5.41) is 1.27. The van der Waals surface area contributed by atoms with E-state index in [0.717, 1.165) is 6.08 Å². The van der Waals surface area contributed by atoms with Crippen LogP contribution in [0.4, 0.5) is 4.39 Å². The second-order valence-electron chi connectivity index (χ2n) is 2.94. The Morgan fingerprint density at radius 1 is 1.53 bits per heavy atom. The number of hydrogen-bond donors (Lipinski definition) is 0. The normalized spacial score (nSPS) is 13.8. The van der Waals surface area contributed by atoms with E-state index in [1.165, 1.54) is 18.4 Å². The lowest BCUT2D eigenvalue weighted by Crippen LogP contribution is -2.12. The first-order chi connectivity index (χ1) is 9.79. The fourth-order valence-corrected chi connectivity index (χ4v) is 0.798. The highest BCUT2D eigenvalue weighted by atomic mass is 19.1. The maximum atomic E-state index is 13.3. The van der Waals surface area contributed by atoms with Crippen LogP contribution in [0.3, 0.4) is 0 Å². The van der Waals surface area contributed by atoms with Crippen LogP contribution in [0.2, 0.25) is 0 Å². The average molecular weight is 243 g/mol. The molecule has 0 bridgehead atoms. The van der Waals surface area contributed by atoms with Gasteiger partial charge in [0.15, 0.2) is 12.4 Å². The number of rotatable bonds is 6. The van der Waals surface area contributed by atoms with Gasteiger partial charge in [0.2, 0.25) is 0 Å². The zero-order valence-corrected chi connectivity index (χ0v) is 9.41. The second kappa shape index (κ2) is 6.65. The molecule has 1 aromatic rings.